The summed E-state index contributed by atoms with van der Waals surface area (Å²) in [7, 11) is 0. The second kappa shape index (κ2) is 2.84. The minimum Gasteiger partial charge on any atom is -0.374 e. The molecule has 3 nitrogen and oxygen atoms in total. The van der Waals surface area contributed by atoms with Crippen LogP contribution in [0.15, 0.2) is 0 Å². The van der Waals surface area contributed by atoms with Crippen molar-refractivity contribution in [2.75, 3.05) is 5.73 Å². The zero-order chi connectivity index (χ0) is 6.69. The topological polar surface area (TPSA) is 51.8 Å². The van der Waals surface area contributed by atoms with Crippen LogP contribution in [0.2, 0.25) is 0 Å². The molecule has 0 aliphatic heterocycles. The van der Waals surface area contributed by atoms with Gasteiger partial charge in [0.1, 0.15) is 5.82 Å². The van der Waals surface area contributed by atoms with E-state index in [9.17, 15) is 0 Å². The lowest BCUT2D eigenvalue weighted by Gasteiger charge is -1.78. The minimum absolute atomic E-state index is 0.502. The van der Waals surface area contributed by atoms with Crippen molar-refractivity contribution in [3.05, 3.63) is 5.82 Å². The third-order valence-corrected chi connectivity index (χ3v) is 1.50. The Morgan fingerprint density at radius 3 is 3.00 bits per heavy atom. The standard InChI is InChI=1S/C4H5N3S2/c5-4-6-3(1-2-8)7-9-4/h2H,1H2,(H2,5,6,7). The van der Waals surface area contributed by atoms with Crippen molar-refractivity contribution in [3.8, 4) is 0 Å². The molecule has 2 N–H and O–H groups in total. The van der Waals surface area contributed by atoms with Crippen LogP contribution in [0, 0.1) is 0 Å². The maximum atomic E-state index is 5.31. The maximum Gasteiger partial charge on any atom is 0.199 e. The summed E-state index contributed by atoms with van der Waals surface area (Å²) in [6.45, 7) is 0. The molecule has 0 aliphatic carbocycles. The lowest BCUT2D eigenvalue weighted by Crippen LogP contribution is -1.88. The fourth-order valence-electron chi connectivity index (χ4n) is 0.425. The Labute approximate surface area is 62.1 Å². The van der Waals surface area contributed by atoms with E-state index in [4.69, 9.17) is 5.73 Å². The molecule has 0 spiro atoms. The second-order valence-corrected chi connectivity index (χ2v) is 2.54. The molecule has 0 aromatic carbocycles. The highest BCUT2D eigenvalue weighted by atomic mass is 32.1. The van der Waals surface area contributed by atoms with Gasteiger partial charge in [-0.25, -0.2) is 4.98 Å². The minimum atomic E-state index is 0.502. The van der Waals surface area contributed by atoms with Crippen LogP contribution in [-0.4, -0.2) is 14.7 Å². The molecular weight excluding hydrogens is 154 g/mol. The molecular formula is C4H5N3S2. The third-order valence-electron chi connectivity index (χ3n) is 0.750. The van der Waals surface area contributed by atoms with Crippen LogP contribution in [0.3, 0.4) is 0 Å². The van der Waals surface area contributed by atoms with Crippen LogP contribution in [0.4, 0.5) is 5.13 Å². The predicted octanol–water partition coefficient (Wildman–Crippen LogP) is 0.663. The van der Waals surface area contributed by atoms with Crippen molar-refractivity contribution in [2.45, 2.75) is 6.42 Å². The summed E-state index contributed by atoms with van der Waals surface area (Å²) in [5.41, 5.74) is 5.31. The van der Waals surface area contributed by atoms with E-state index in [1.165, 1.54) is 11.5 Å². The Morgan fingerprint density at radius 2 is 2.56 bits per heavy atom. The summed E-state index contributed by atoms with van der Waals surface area (Å²) in [5.74, 6) is 0.715. The molecule has 0 saturated carbocycles. The first-order valence-electron chi connectivity index (χ1n) is 2.34. The quantitative estimate of drug-likeness (QED) is 0.644. The molecule has 0 radical (unpaired) electrons. The normalized spacial score (nSPS) is 9.33. The molecule has 9 heavy (non-hydrogen) atoms. The van der Waals surface area contributed by atoms with Crippen LogP contribution in [0.25, 0.3) is 0 Å². The van der Waals surface area contributed by atoms with Crippen LogP contribution >= 0.6 is 23.8 Å². The smallest absolute Gasteiger partial charge is 0.199 e. The van der Waals surface area contributed by atoms with Crippen LogP contribution < -0.4 is 5.73 Å². The average Bonchev–Trinajstić information content (AvgIpc) is 2.17. The van der Waals surface area contributed by atoms with Crippen molar-refractivity contribution in [3.63, 3.8) is 0 Å². The van der Waals surface area contributed by atoms with Gasteiger partial charge in [0.25, 0.3) is 0 Å². The van der Waals surface area contributed by atoms with Crippen molar-refractivity contribution >= 4 is 34.2 Å². The van der Waals surface area contributed by atoms with E-state index in [0.717, 1.165) is 0 Å². The number of anilines is 1. The van der Waals surface area contributed by atoms with E-state index >= 15 is 0 Å². The predicted molar refractivity (Wildman–Crippen MR) is 41.7 cm³/mol. The van der Waals surface area contributed by atoms with Crippen molar-refractivity contribution < 1.29 is 0 Å². The number of nitrogen functional groups attached to an aromatic ring is 1. The molecule has 5 heteroatoms. The first-order chi connectivity index (χ1) is 4.33. The highest BCUT2D eigenvalue weighted by molar-refractivity contribution is 7.78. The van der Waals surface area contributed by atoms with Crippen molar-refractivity contribution in [1.29, 1.82) is 0 Å². The summed E-state index contributed by atoms with van der Waals surface area (Å²) in [6, 6.07) is 0. The van der Waals surface area contributed by atoms with Crippen LogP contribution in [-0.2, 0) is 6.42 Å². The Balaban J connectivity index is 2.72. The largest absolute Gasteiger partial charge is 0.374 e. The SMILES string of the molecule is Nc1nc(CC=S)ns1. The number of hydrogen-bond donors (Lipinski definition) is 1. The molecule has 1 aromatic rings. The lowest BCUT2D eigenvalue weighted by atomic mass is 10.5. The van der Waals surface area contributed by atoms with Gasteiger partial charge in [0.2, 0.25) is 0 Å². The number of rotatable bonds is 2. The second-order valence-electron chi connectivity index (χ2n) is 1.42. The van der Waals surface area contributed by atoms with Gasteiger partial charge in [-0.3, -0.25) is 0 Å². The Morgan fingerprint density at radius 1 is 1.78 bits per heavy atom. The van der Waals surface area contributed by atoms with Gasteiger partial charge in [0.05, 0.1) is 0 Å². The van der Waals surface area contributed by atoms with E-state index in [-0.39, 0.29) is 0 Å². The average molecular weight is 159 g/mol. The molecule has 48 valence electrons. The lowest BCUT2D eigenvalue weighted by molar-refractivity contribution is 1.12. The van der Waals surface area contributed by atoms with E-state index in [2.05, 4.69) is 21.6 Å². The monoisotopic (exact) mass is 159 g/mol. The highest BCUT2D eigenvalue weighted by Crippen LogP contribution is 2.04. The summed E-state index contributed by atoms with van der Waals surface area (Å²) in [5, 5.41) is 2.09. The number of hydrogen-bond acceptors (Lipinski definition) is 5. The number of aromatic nitrogens is 2. The zero-order valence-electron chi connectivity index (χ0n) is 4.57. The maximum absolute atomic E-state index is 5.31. The van der Waals surface area contributed by atoms with Gasteiger partial charge in [-0.2, -0.15) is 4.37 Å². The summed E-state index contributed by atoms with van der Waals surface area (Å²) >= 11 is 5.80. The molecule has 0 aliphatic rings. The molecule has 0 fully saturated rings. The van der Waals surface area contributed by atoms with E-state index < -0.39 is 0 Å². The van der Waals surface area contributed by atoms with Crippen molar-refractivity contribution in [2.24, 2.45) is 0 Å². The molecule has 1 heterocycles. The van der Waals surface area contributed by atoms with E-state index in [0.29, 0.717) is 17.4 Å². The Hall–Kier alpha value is -0.550. The number of nitrogens with two attached hydrogens (primary N) is 1. The molecule has 0 unspecified atom stereocenters. The first kappa shape index (κ1) is 6.57. The van der Waals surface area contributed by atoms with Crippen LogP contribution in [0.5, 0.6) is 0 Å². The van der Waals surface area contributed by atoms with Gasteiger partial charge >= 0.3 is 0 Å². The van der Waals surface area contributed by atoms with Gasteiger partial charge in [-0.05, 0) is 5.37 Å². The van der Waals surface area contributed by atoms with Gasteiger partial charge < -0.3 is 5.73 Å². The Kier molecular flexibility index (Phi) is 2.07. The Bertz CT molecular complexity index is 207. The van der Waals surface area contributed by atoms with Crippen molar-refractivity contribution in [1.82, 2.24) is 9.36 Å². The van der Waals surface area contributed by atoms with Gasteiger partial charge in [0, 0.05) is 18.0 Å². The molecule has 1 rings (SSSR count). The van der Waals surface area contributed by atoms with Gasteiger partial charge in [0.15, 0.2) is 5.13 Å². The van der Waals surface area contributed by atoms with Crippen LogP contribution in [0.1, 0.15) is 5.82 Å². The highest BCUT2D eigenvalue weighted by Gasteiger charge is 1.95. The number of nitrogens with zero attached hydrogens (tertiary/aromatic N) is 2. The molecule has 0 saturated heterocycles. The molecule has 0 atom stereocenters. The van der Waals surface area contributed by atoms with E-state index in [1.807, 2.05) is 0 Å². The zero-order valence-corrected chi connectivity index (χ0v) is 6.21. The fraction of sp³-hybridized carbons (Fsp3) is 0.250. The summed E-state index contributed by atoms with van der Waals surface area (Å²) in [6.07, 6.45) is 0.628. The number of thiocarbonyl (C=S) groups is 1. The molecule has 0 amide bonds. The molecule has 1 aromatic heterocycles. The fourth-order valence-corrected chi connectivity index (χ4v) is 1.03. The summed E-state index contributed by atoms with van der Waals surface area (Å²) < 4.78 is 3.91. The first-order valence-corrected chi connectivity index (χ1v) is 3.59. The van der Waals surface area contributed by atoms with E-state index in [1.54, 1.807) is 5.37 Å². The molecule has 0 bridgehead atoms. The summed E-state index contributed by atoms with van der Waals surface area (Å²) in [4.78, 5) is 3.89. The van der Waals surface area contributed by atoms with Gasteiger partial charge in [-0.15, -0.1) is 0 Å². The van der Waals surface area contributed by atoms with Gasteiger partial charge in [-0.1, -0.05) is 12.2 Å². The third kappa shape index (κ3) is 1.69.